The Morgan fingerprint density at radius 2 is 1.95 bits per heavy atom. The standard InChI is InChI=1S/C14H14Cl2N2O3S/c1-20-13(21-2)11-6-12(19)18-14(17-11)22-7-8-3-4-9(15)10(16)5-8/h3-6,13H,7H2,1-2H3,(H,17,18,19). The largest absolute Gasteiger partial charge is 0.350 e. The monoisotopic (exact) mass is 360 g/mol. The van der Waals surface area contributed by atoms with Crippen molar-refractivity contribution in [3.63, 3.8) is 0 Å². The zero-order valence-electron chi connectivity index (χ0n) is 11.9. The van der Waals surface area contributed by atoms with Gasteiger partial charge in [0.25, 0.3) is 5.56 Å². The molecule has 0 atom stereocenters. The molecule has 1 N–H and O–H groups in total. The Bertz CT molecular complexity index is 705. The highest BCUT2D eigenvalue weighted by Gasteiger charge is 2.13. The predicted octanol–water partition coefficient (Wildman–Crippen LogP) is 3.66. The molecule has 1 aromatic heterocycles. The van der Waals surface area contributed by atoms with Crippen LogP contribution in [0.1, 0.15) is 17.5 Å². The third-order valence-corrected chi connectivity index (χ3v) is 4.45. The molecule has 0 saturated heterocycles. The zero-order valence-corrected chi connectivity index (χ0v) is 14.3. The second kappa shape index (κ2) is 7.99. The number of hydrogen-bond donors (Lipinski definition) is 1. The van der Waals surface area contributed by atoms with Crippen LogP contribution < -0.4 is 5.56 Å². The summed E-state index contributed by atoms with van der Waals surface area (Å²) in [6.07, 6.45) is -0.674. The molecule has 0 aliphatic rings. The lowest BCUT2D eigenvalue weighted by Gasteiger charge is -2.13. The van der Waals surface area contributed by atoms with Crippen LogP contribution in [-0.2, 0) is 15.2 Å². The molecule has 5 nitrogen and oxygen atoms in total. The Hall–Kier alpha value is -1.05. The lowest BCUT2D eigenvalue weighted by molar-refractivity contribution is -0.109. The predicted molar refractivity (Wildman–Crippen MR) is 87.6 cm³/mol. The summed E-state index contributed by atoms with van der Waals surface area (Å²) in [5.74, 6) is 0.591. The van der Waals surface area contributed by atoms with Gasteiger partial charge in [0.2, 0.25) is 6.29 Å². The van der Waals surface area contributed by atoms with Crippen molar-refractivity contribution in [1.29, 1.82) is 0 Å². The fourth-order valence-electron chi connectivity index (χ4n) is 1.76. The Kier molecular flexibility index (Phi) is 6.28. The summed E-state index contributed by atoms with van der Waals surface area (Å²) >= 11 is 13.2. The number of nitrogens with zero attached hydrogens (tertiary/aromatic N) is 1. The topological polar surface area (TPSA) is 64.2 Å². The average Bonchev–Trinajstić information content (AvgIpc) is 2.49. The van der Waals surface area contributed by atoms with Crippen LogP contribution in [0.4, 0.5) is 0 Å². The number of methoxy groups -OCH3 is 2. The van der Waals surface area contributed by atoms with E-state index in [1.807, 2.05) is 6.07 Å². The van der Waals surface area contributed by atoms with Gasteiger partial charge in [-0.15, -0.1) is 0 Å². The van der Waals surface area contributed by atoms with Crippen molar-refractivity contribution in [2.45, 2.75) is 17.2 Å². The van der Waals surface area contributed by atoms with E-state index in [2.05, 4.69) is 9.97 Å². The van der Waals surface area contributed by atoms with Gasteiger partial charge in [0.05, 0.1) is 10.0 Å². The molecule has 2 rings (SSSR count). The summed E-state index contributed by atoms with van der Waals surface area (Å²) in [6.45, 7) is 0. The van der Waals surface area contributed by atoms with Crippen LogP contribution in [0.5, 0.6) is 0 Å². The molecule has 1 aromatic carbocycles. The Morgan fingerprint density at radius 1 is 1.23 bits per heavy atom. The highest BCUT2D eigenvalue weighted by atomic mass is 35.5. The fourth-order valence-corrected chi connectivity index (χ4v) is 2.91. The van der Waals surface area contributed by atoms with Crippen LogP contribution in [-0.4, -0.2) is 24.2 Å². The van der Waals surface area contributed by atoms with E-state index in [1.54, 1.807) is 12.1 Å². The van der Waals surface area contributed by atoms with Crippen molar-refractivity contribution < 1.29 is 9.47 Å². The number of rotatable bonds is 6. The Morgan fingerprint density at radius 3 is 2.59 bits per heavy atom. The van der Waals surface area contributed by atoms with Crippen molar-refractivity contribution in [2.75, 3.05) is 14.2 Å². The number of ether oxygens (including phenoxy) is 2. The Labute approximate surface area is 142 Å². The van der Waals surface area contributed by atoms with Crippen LogP contribution in [0.2, 0.25) is 10.0 Å². The van der Waals surface area contributed by atoms with Gasteiger partial charge in [-0.25, -0.2) is 4.98 Å². The van der Waals surface area contributed by atoms with Crippen LogP contribution in [0.25, 0.3) is 0 Å². The number of H-pyrrole nitrogens is 1. The number of benzene rings is 1. The van der Waals surface area contributed by atoms with Crippen molar-refractivity contribution in [2.24, 2.45) is 0 Å². The molecule has 0 aliphatic heterocycles. The maximum atomic E-state index is 11.7. The minimum absolute atomic E-state index is 0.263. The number of hydrogen-bond acceptors (Lipinski definition) is 5. The summed E-state index contributed by atoms with van der Waals surface area (Å²) in [5.41, 5.74) is 1.13. The van der Waals surface area contributed by atoms with Gasteiger partial charge < -0.3 is 14.5 Å². The minimum Gasteiger partial charge on any atom is -0.350 e. The van der Waals surface area contributed by atoms with Crippen molar-refractivity contribution >= 4 is 35.0 Å². The molecule has 0 saturated carbocycles. The van der Waals surface area contributed by atoms with E-state index < -0.39 is 6.29 Å². The number of thioether (sulfide) groups is 1. The lowest BCUT2D eigenvalue weighted by Crippen LogP contribution is -2.14. The van der Waals surface area contributed by atoms with E-state index in [1.165, 1.54) is 32.0 Å². The molecule has 2 aromatic rings. The van der Waals surface area contributed by atoms with Crippen LogP contribution >= 0.6 is 35.0 Å². The number of aromatic amines is 1. The van der Waals surface area contributed by atoms with E-state index in [0.717, 1.165) is 5.56 Å². The number of halogens is 2. The summed E-state index contributed by atoms with van der Waals surface area (Å²) in [7, 11) is 2.97. The first-order valence-corrected chi connectivity index (χ1v) is 8.01. The highest BCUT2D eigenvalue weighted by molar-refractivity contribution is 7.98. The third kappa shape index (κ3) is 4.47. The van der Waals surface area contributed by atoms with Gasteiger partial charge in [-0.1, -0.05) is 41.0 Å². The summed E-state index contributed by atoms with van der Waals surface area (Å²) in [6, 6.07) is 6.74. The van der Waals surface area contributed by atoms with Gasteiger partial charge in [0, 0.05) is 26.0 Å². The van der Waals surface area contributed by atoms with E-state index in [4.69, 9.17) is 32.7 Å². The normalized spacial score (nSPS) is 11.1. The molecule has 0 unspecified atom stereocenters. The highest BCUT2D eigenvalue weighted by Crippen LogP contribution is 2.26. The van der Waals surface area contributed by atoms with Crippen LogP contribution in [0.3, 0.4) is 0 Å². The van der Waals surface area contributed by atoms with E-state index >= 15 is 0 Å². The quantitative estimate of drug-likeness (QED) is 0.483. The summed E-state index contributed by atoms with van der Waals surface area (Å²) in [5, 5.41) is 1.48. The lowest BCUT2D eigenvalue weighted by atomic mass is 10.2. The third-order valence-electron chi connectivity index (χ3n) is 2.77. The maximum Gasteiger partial charge on any atom is 0.251 e. The van der Waals surface area contributed by atoms with Gasteiger partial charge in [-0.3, -0.25) is 4.79 Å². The second-order valence-electron chi connectivity index (χ2n) is 4.32. The van der Waals surface area contributed by atoms with E-state index in [-0.39, 0.29) is 5.56 Å². The molecule has 22 heavy (non-hydrogen) atoms. The average molecular weight is 361 g/mol. The molecule has 0 radical (unpaired) electrons. The molecule has 8 heteroatoms. The molecular weight excluding hydrogens is 347 g/mol. The maximum absolute atomic E-state index is 11.7. The first-order chi connectivity index (χ1) is 10.5. The smallest absolute Gasteiger partial charge is 0.251 e. The van der Waals surface area contributed by atoms with Gasteiger partial charge in [0.1, 0.15) is 5.69 Å². The minimum atomic E-state index is -0.674. The van der Waals surface area contributed by atoms with Crippen LogP contribution in [0.15, 0.2) is 34.2 Å². The van der Waals surface area contributed by atoms with Crippen LogP contribution in [0, 0.1) is 0 Å². The van der Waals surface area contributed by atoms with Gasteiger partial charge in [-0.05, 0) is 17.7 Å². The van der Waals surface area contributed by atoms with Gasteiger partial charge >= 0.3 is 0 Å². The van der Waals surface area contributed by atoms with Gasteiger partial charge in [-0.2, -0.15) is 0 Å². The molecule has 118 valence electrons. The Balaban J connectivity index is 2.15. The molecule has 1 heterocycles. The van der Waals surface area contributed by atoms with Gasteiger partial charge in [0.15, 0.2) is 5.16 Å². The van der Waals surface area contributed by atoms with Crippen molar-refractivity contribution in [3.05, 3.63) is 55.9 Å². The molecule has 0 spiro atoms. The summed E-state index contributed by atoms with van der Waals surface area (Å²) in [4.78, 5) is 18.7. The molecule has 0 amide bonds. The SMILES string of the molecule is COC(OC)c1cc(=O)[nH]c(SCc2ccc(Cl)c(Cl)c2)n1. The first-order valence-electron chi connectivity index (χ1n) is 6.27. The number of nitrogens with one attached hydrogen (secondary N) is 1. The van der Waals surface area contributed by atoms with Crippen molar-refractivity contribution in [3.8, 4) is 0 Å². The van der Waals surface area contributed by atoms with E-state index in [0.29, 0.717) is 26.6 Å². The molecule has 0 fully saturated rings. The number of aromatic nitrogens is 2. The first kappa shape index (κ1) is 17.3. The van der Waals surface area contributed by atoms with E-state index in [9.17, 15) is 4.79 Å². The molecular formula is C14H14Cl2N2O3S. The zero-order chi connectivity index (χ0) is 16.1. The summed E-state index contributed by atoms with van der Waals surface area (Å²) < 4.78 is 10.2. The molecule has 0 aliphatic carbocycles. The molecule has 0 bridgehead atoms. The fraction of sp³-hybridized carbons (Fsp3) is 0.286. The van der Waals surface area contributed by atoms with Crippen molar-refractivity contribution in [1.82, 2.24) is 9.97 Å². The second-order valence-corrected chi connectivity index (χ2v) is 6.09.